The van der Waals surface area contributed by atoms with Crippen LogP contribution in [0.2, 0.25) is 0 Å². The number of rotatable bonds is 7. The van der Waals surface area contributed by atoms with Crippen LogP contribution in [0.3, 0.4) is 0 Å². The van der Waals surface area contributed by atoms with Crippen LogP contribution < -0.4 is 4.74 Å². The maximum Gasteiger partial charge on any atom is 0.411 e. The van der Waals surface area contributed by atoms with Gasteiger partial charge in [0.25, 0.3) is 0 Å². The van der Waals surface area contributed by atoms with Crippen molar-refractivity contribution < 1.29 is 37.3 Å². The van der Waals surface area contributed by atoms with E-state index in [1.54, 1.807) is 25.7 Å². The van der Waals surface area contributed by atoms with Gasteiger partial charge in [-0.25, -0.2) is 18.4 Å². The van der Waals surface area contributed by atoms with Crippen LogP contribution in [-0.2, 0) is 16.0 Å². The van der Waals surface area contributed by atoms with Gasteiger partial charge in [-0.2, -0.15) is 4.39 Å². The summed E-state index contributed by atoms with van der Waals surface area (Å²) in [6.07, 6.45) is 2.19. The molecule has 1 saturated heterocycles. The normalized spacial score (nSPS) is 19.2. The summed E-state index contributed by atoms with van der Waals surface area (Å²) in [5.41, 5.74) is 1.97. The van der Waals surface area contributed by atoms with Gasteiger partial charge in [-0.05, 0) is 81.7 Å². The fourth-order valence-corrected chi connectivity index (χ4v) is 5.01. The van der Waals surface area contributed by atoms with Gasteiger partial charge in [0.1, 0.15) is 5.60 Å². The Balaban J connectivity index is 1.44. The largest absolute Gasteiger partial charge is 0.488 e. The van der Waals surface area contributed by atoms with Crippen molar-refractivity contribution in [1.29, 1.82) is 0 Å². The number of hydrogen-bond donors (Lipinski definition) is 1. The van der Waals surface area contributed by atoms with Crippen molar-refractivity contribution in [3.63, 3.8) is 0 Å². The van der Waals surface area contributed by atoms with Gasteiger partial charge in [-0.15, -0.1) is 0 Å². The molecule has 0 aromatic heterocycles. The minimum Gasteiger partial charge on any atom is -0.488 e. The summed E-state index contributed by atoms with van der Waals surface area (Å²) in [6.45, 7) is 5.34. The molecule has 37 heavy (non-hydrogen) atoms. The van der Waals surface area contributed by atoms with Crippen molar-refractivity contribution >= 4 is 17.6 Å². The molecule has 0 spiro atoms. The molecule has 1 amide bonds. The summed E-state index contributed by atoms with van der Waals surface area (Å²) in [7, 11) is 0. The van der Waals surface area contributed by atoms with E-state index in [9.17, 15) is 27.9 Å². The molecule has 2 unspecified atom stereocenters. The van der Waals surface area contributed by atoms with E-state index in [-0.39, 0.29) is 18.2 Å². The predicted octanol–water partition coefficient (Wildman–Crippen LogP) is 6.13. The highest BCUT2D eigenvalue weighted by Gasteiger charge is 2.47. The van der Waals surface area contributed by atoms with E-state index in [0.29, 0.717) is 43.7 Å². The lowest BCUT2D eigenvalue weighted by Crippen LogP contribution is -2.48. The van der Waals surface area contributed by atoms with Crippen LogP contribution in [0.15, 0.2) is 42.0 Å². The first-order valence-electron chi connectivity index (χ1n) is 12.3. The van der Waals surface area contributed by atoms with Gasteiger partial charge in [0.05, 0.1) is 18.2 Å². The van der Waals surface area contributed by atoms with E-state index >= 15 is 0 Å². The minimum absolute atomic E-state index is 0.00276. The van der Waals surface area contributed by atoms with Crippen molar-refractivity contribution in [2.75, 3.05) is 6.61 Å². The molecule has 2 atom stereocenters. The Morgan fingerprint density at radius 3 is 2.35 bits per heavy atom. The number of benzene rings is 2. The first kappa shape index (κ1) is 26.6. The topological polar surface area (TPSA) is 76.1 Å². The quantitative estimate of drug-likeness (QED) is 0.354. The average Bonchev–Trinajstić information content (AvgIpc) is 3.13. The molecule has 6 nitrogen and oxygen atoms in total. The Hall–Kier alpha value is -3.49. The van der Waals surface area contributed by atoms with Crippen molar-refractivity contribution in [2.24, 2.45) is 0 Å². The van der Waals surface area contributed by atoms with Crippen LogP contribution in [0.25, 0.3) is 5.57 Å². The van der Waals surface area contributed by atoms with Crippen LogP contribution in [0.1, 0.15) is 57.6 Å². The number of hydrogen-bond acceptors (Lipinski definition) is 4. The number of aryl methyl sites for hydroxylation is 1. The van der Waals surface area contributed by atoms with E-state index in [1.165, 1.54) is 0 Å². The molecule has 2 aromatic rings. The number of ether oxygens (including phenoxy) is 2. The van der Waals surface area contributed by atoms with Crippen LogP contribution >= 0.6 is 0 Å². The van der Waals surface area contributed by atoms with Crippen LogP contribution in [0.4, 0.5) is 18.0 Å². The molecule has 1 fully saturated rings. The third-order valence-corrected chi connectivity index (χ3v) is 6.60. The van der Waals surface area contributed by atoms with Crippen LogP contribution in [0.5, 0.6) is 5.75 Å². The smallest absolute Gasteiger partial charge is 0.411 e. The molecule has 0 radical (unpaired) electrons. The lowest BCUT2D eigenvalue weighted by atomic mass is 9.88. The highest BCUT2D eigenvalue weighted by atomic mass is 19.2. The fraction of sp³-hybridized carbons (Fsp3) is 0.429. The van der Waals surface area contributed by atoms with Gasteiger partial charge in [0, 0.05) is 6.04 Å². The van der Waals surface area contributed by atoms with Crippen LogP contribution in [-0.4, -0.2) is 46.4 Å². The SMILES string of the molecule is CC(C)(C)OC(=O)N1C2CCC1C(C(=O)O)=C(c1ccc(CCCOc3c(F)ccc(F)c3F)cc1)C2. The Bertz CT molecular complexity index is 1220. The Morgan fingerprint density at radius 2 is 1.70 bits per heavy atom. The monoisotopic (exact) mass is 517 g/mol. The third-order valence-electron chi connectivity index (χ3n) is 6.60. The first-order valence-corrected chi connectivity index (χ1v) is 12.3. The molecular formula is C28H30F3NO5. The van der Waals surface area contributed by atoms with E-state index < -0.39 is 46.9 Å². The third kappa shape index (κ3) is 5.76. The summed E-state index contributed by atoms with van der Waals surface area (Å²) < 4.78 is 51.3. The summed E-state index contributed by atoms with van der Waals surface area (Å²) in [6, 6.07) is 8.29. The minimum atomic E-state index is -1.35. The molecule has 2 aromatic carbocycles. The average molecular weight is 518 g/mol. The second-order valence-corrected chi connectivity index (χ2v) is 10.4. The summed E-state index contributed by atoms with van der Waals surface area (Å²) in [4.78, 5) is 26.7. The second kappa shape index (κ2) is 10.5. The van der Waals surface area contributed by atoms with E-state index in [2.05, 4.69) is 0 Å². The van der Waals surface area contributed by atoms with Crippen molar-refractivity contribution in [1.82, 2.24) is 4.90 Å². The zero-order valence-electron chi connectivity index (χ0n) is 21.0. The van der Waals surface area contributed by atoms with Crippen molar-refractivity contribution in [3.8, 4) is 5.75 Å². The molecule has 2 heterocycles. The van der Waals surface area contributed by atoms with Gasteiger partial charge in [-0.3, -0.25) is 4.90 Å². The molecule has 0 aliphatic carbocycles. The summed E-state index contributed by atoms with van der Waals surface area (Å²) >= 11 is 0. The van der Waals surface area contributed by atoms with E-state index in [1.807, 2.05) is 24.3 Å². The maximum absolute atomic E-state index is 13.7. The number of halogens is 3. The Morgan fingerprint density at radius 1 is 1.03 bits per heavy atom. The van der Waals surface area contributed by atoms with E-state index in [0.717, 1.165) is 17.2 Å². The Labute approximate surface area is 213 Å². The number of amides is 1. The lowest BCUT2D eigenvalue weighted by molar-refractivity contribution is -0.133. The summed E-state index contributed by atoms with van der Waals surface area (Å²) in [5.74, 6) is -5.26. The number of aliphatic carboxylic acids is 1. The number of fused-ring (bicyclic) bond motifs is 2. The standard InChI is InChI=1S/C28H30F3NO5/c1-28(2,3)37-27(35)32-18-10-13-22(32)23(26(33)34)19(15-18)17-8-6-16(7-9-17)5-4-14-36-25-21(30)12-11-20(29)24(25)31/h6-9,11-12,18,22H,4-5,10,13-15H2,1-3H3,(H,33,34). The molecule has 2 aliphatic rings. The van der Waals surface area contributed by atoms with Gasteiger partial charge in [-0.1, -0.05) is 24.3 Å². The second-order valence-electron chi connectivity index (χ2n) is 10.4. The highest BCUT2D eigenvalue weighted by Crippen LogP contribution is 2.43. The van der Waals surface area contributed by atoms with Gasteiger partial charge in [0.2, 0.25) is 5.82 Å². The molecule has 198 valence electrons. The maximum atomic E-state index is 13.7. The number of carbonyl (C=O) groups is 2. The number of carbonyl (C=O) groups excluding carboxylic acids is 1. The fourth-order valence-electron chi connectivity index (χ4n) is 5.01. The van der Waals surface area contributed by atoms with Gasteiger partial charge >= 0.3 is 12.1 Å². The molecule has 2 aliphatic heterocycles. The lowest BCUT2D eigenvalue weighted by Gasteiger charge is -2.37. The van der Waals surface area contributed by atoms with Gasteiger partial charge < -0.3 is 14.6 Å². The summed E-state index contributed by atoms with van der Waals surface area (Å²) in [5, 5.41) is 10.0. The Kier molecular flexibility index (Phi) is 7.52. The molecule has 9 heteroatoms. The zero-order valence-corrected chi connectivity index (χ0v) is 21.0. The molecule has 2 bridgehead atoms. The molecule has 0 saturated carbocycles. The highest BCUT2D eigenvalue weighted by molar-refractivity contribution is 5.99. The zero-order chi connectivity index (χ0) is 26.9. The molecule has 1 N–H and O–H groups in total. The number of carboxylic acid groups (broad SMARTS) is 1. The van der Waals surface area contributed by atoms with Gasteiger partial charge in [0.15, 0.2) is 17.4 Å². The number of carboxylic acids is 1. The van der Waals surface area contributed by atoms with Crippen molar-refractivity contribution in [3.05, 3.63) is 70.5 Å². The first-order chi connectivity index (χ1) is 17.5. The molecular weight excluding hydrogens is 487 g/mol. The number of nitrogens with zero attached hydrogens (tertiary/aromatic N) is 1. The van der Waals surface area contributed by atoms with E-state index in [4.69, 9.17) is 9.47 Å². The molecule has 4 rings (SSSR count). The van der Waals surface area contributed by atoms with Crippen molar-refractivity contribution in [2.45, 2.75) is 70.6 Å². The van der Waals surface area contributed by atoms with Crippen LogP contribution in [0, 0.1) is 17.5 Å². The predicted molar refractivity (Wildman–Crippen MR) is 131 cm³/mol.